The lowest BCUT2D eigenvalue weighted by molar-refractivity contribution is -0.131. The summed E-state index contributed by atoms with van der Waals surface area (Å²) in [4.78, 5) is 49.9. The standard InChI is InChI=1S/C38H38F5IN10O3/c39-25-11-10-24(32(31(25)41)46-27-12-9-23(44)22-26(27)40)35(56)45-13-5-1-2-8-30(55)51-14-16-52(17-15-51)36-48-37(53-18-20-57-21-19-53)50-38(49-36)54-29-7-4-3-6-28(29)47-34(54)33(42)43/h3-4,6-7,9-12,22,33,46H,1-2,5,8,13-21H2,(H,45,56). The van der Waals surface area contributed by atoms with Gasteiger partial charge in [-0.25, -0.2) is 26.9 Å². The molecule has 0 unspecified atom stereocenters. The number of amides is 2. The molecule has 0 atom stereocenters. The van der Waals surface area contributed by atoms with Crippen LogP contribution in [0.25, 0.3) is 17.0 Å². The molecular weight excluding hydrogens is 866 g/mol. The third kappa shape index (κ3) is 9.19. The van der Waals surface area contributed by atoms with Crippen LogP contribution >= 0.6 is 22.6 Å². The Hall–Kier alpha value is -5.18. The summed E-state index contributed by atoms with van der Waals surface area (Å²) in [5.74, 6) is -3.67. The van der Waals surface area contributed by atoms with Gasteiger partial charge in [-0.15, -0.1) is 0 Å². The molecule has 2 aliphatic rings. The number of nitrogens with one attached hydrogen (secondary N) is 2. The van der Waals surface area contributed by atoms with Gasteiger partial charge in [0.2, 0.25) is 23.8 Å². The van der Waals surface area contributed by atoms with E-state index in [1.54, 1.807) is 35.2 Å². The van der Waals surface area contributed by atoms with Gasteiger partial charge in [-0.05, 0) is 77.9 Å². The lowest BCUT2D eigenvalue weighted by atomic mass is 10.1. The van der Waals surface area contributed by atoms with Crippen molar-refractivity contribution in [1.29, 1.82) is 0 Å². The van der Waals surface area contributed by atoms with Crippen LogP contribution in [0, 0.1) is 21.0 Å². The Morgan fingerprint density at radius 3 is 2.21 bits per heavy atom. The maximum absolute atomic E-state index is 14.8. The number of nitrogens with zero attached hydrogens (tertiary/aromatic N) is 8. The van der Waals surface area contributed by atoms with Crippen LogP contribution in [0.4, 0.5) is 45.2 Å². The molecule has 0 saturated carbocycles. The lowest BCUT2D eigenvalue weighted by Gasteiger charge is -2.35. The Balaban J connectivity index is 0.927. The zero-order valence-corrected chi connectivity index (χ0v) is 32.7. The minimum Gasteiger partial charge on any atom is -0.378 e. The molecule has 0 spiro atoms. The highest BCUT2D eigenvalue weighted by molar-refractivity contribution is 14.1. The minimum absolute atomic E-state index is 0.0273. The van der Waals surface area contributed by atoms with E-state index in [0.717, 1.165) is 12.1 Å². The maximum Gasteiger partial charge on any atom is 0.296 e. The second kappa shape index (κ2) is 18.0. The number of anilines is 4. The Labute approximate surface area is 337 Å². The average molecular weight is 905 g/mol. The molecule has 0 radical (unpaired) electrons. The number of benzene rings is 3. The van der Waals surface area contributed by atoms with Crippen molar-refractivity contribution in [2.24, 2.45) is 0 Å². The van der Waals surface area contributed by atoms with Gasteiger partial charge in [-0.2, -0.15) is 15.0 Å². The number of aromatic nitrogens is 5. The molecule has 19 heteroatoms. The average Bonchev–Trinajstić information content (AvgIpc) is 3.62. The normalized spacial score (nSPS) is 14.8. The first kappa shape index (κ1) is 40.0. The summed E-state index contributed by atoms with van der Waals surface area (Å²) in [6.07, 6.45) is -0.890. The Morgan fingerprint density at radius 2 is 1.49 bits per heavy atom. The number of hydrogen-bond donors (Lipinski definition) is 2. The maximum atomic E-state index is 14.8. The van der Waals surface area contributed by atoms with Gasteiger partial charge in [0.1, 0.15) is 5.82 Å². The van der Waals surface area contributed by atoms with Crippen molar-refractivity contribution in [3.63, 3.8) is 0 Å². The van der Waals surface area contributed by atoms with E-state index in [1.807, 2.05) is 32.4 Å². The van der Waals surface area contributed by atoms with E-state index in [9.17, 15) is 31.5 Å². The predicted molar refractivity (Wildman–Crippen MR) is 211 cm³/mol. The summed E-state index contributed by atoms with van der Waals surface area (Å²) >= 11 is 1.92. The SMILES string of the molecule is O=C(NCCCCCC(=O)N1CCN(c2nc(N3CCOCC3)nc(-n3c(C(F)F)nc4ccccc43)n2)CC1)c1ccc(F)c(F)c1Nc1ccc(I)cc1F. The van der Waals surface area contributed by atoms with Gasteiger partial charge in [-0.3, -0.25) is 14.2 Å². The molecule has 300 valence electrons. The quantitative estimate of drug-likeness (QED) is 0.0779. The predicted octanol–water partition coefficient (Wildman–Crippen LogP) is 6.39. The van der Waals surface area contributed by atoms with E-state index < -0.39 is 41.3 Å². The van der Waals surface area contributed by atoms with Gasteiger partial charge in [0.15, 0.2) is 17.5 Å². The van der Waals surface area contributed by atoms with E-state index in [-0.39, 0.29) is 36.1 Å². The van der Waals surface area contributed by atoms with Crippen molar-refractivity contribution < 1.29 is 36.3 Å². The number of carbonyl (C=O) groups excluding carboxylic acids is 2. The van der Waals surface area contributed by atoms with Gasteiger partial charge >= 0.3 is 0 Å². The van der Waals surface area contributed by atoms with Gasteiger partial charge < -0.3 is 30.1 Å². The van der Waals surface area contributed by atoms with Crippen LogP contribution in [-0.2, 0) is 9.53 Å². The Bertz CT molecular complexity index is 2250. The molecule has 3 aromatic carbocycles. The molecule has 5 aromatic rings. The van der Waals surface area contributed by atoms with Crippen LogP contribution in [0.5, 0.6) is 0 Å². The number of ether oxygens (including phenoxy) is 1. The number of fused-ring (bicyclic) bond motifs is 1. The monoisotopic (exact) mass is 904 g/mol. The first-order chi connectivity index (χ1) is 27.6. The third-order valence-electron chi connectivity index (χ3n) is 9.67. The molecule has 7 rings (SSSR count). The first-order valence-corrected chi connectivity index (χ1v) is 19.5. The van der Waals surface area contributed by atoms with Gasteiger partial charge in [0.25, 0.3) is 12.3 Å². The van der Waals surface area contributed by atoms with Crippen LogP contribution < -0.4 is 20.4 Å². The molecule has 2 fully saturated rings. The van der Waals surface area contributed by atoms with Gasteiger partial charge in [-0.1, -0.05) is 18.6 Å². The van der Waals surface area contributed by atoms with Gasteiger partial charge in [0.05, 0.1) is 41.2 Å². The fourth-order valence-corrected chi connectivity index (χ4v) is 7.12. The number of rotatable bonds is 13. The van der Waals surface area contributed by atoms with E-state index in [0.29, 0.717) is 98.2 Å². The fourth-order valence-electron chi connectivity index (χ4n) is 6.67. The Morgan fingerprint density at radius 1 is 0.789 bits per heavy atom. The fraction of sp³-hybridized carbons (Fsp3) is 0.368. The molecule has 4 heterocycles. The summed E-state index contributed by atoms with van der Waals surface area (Å²) in [7, 11) is 0. The van der Waals surface area contributed by atoms with E-state index >= 15 is 0 Å². The zero-order chi connectivity index (χ0) is 40.1. The smallest absolute Gasteiger partial charge is 0.296 e. The second-order valence-electron chi connectivity index (χ2n) is 13.4. The highest BCUT2D eigenvalue weighted by atomic mass is 127. The number of piperazine rings is 1. The molecule has 0 bridgehead atoms. The number of halogens is 6. The second-order valence-corrected chi connectivity index (χ2v) is 14.6. The van der Waals surface area contributed by atoms with Crippen molar-refractivity contribution in [2.45, 2.75) is 32.1 Å². The van der Waals surface area contributed by atoms with Crippen molar-refractivity contribution in [3.05, 3.63) is 87.0 Å². The molecule has 57 heavy (non-hydrogen) atoms. The summed E-state index contributed by atoms with van der Waals surface area (Å²) < 4.78 is 79.2. The highest BCUT2D eigenvalue weighted by Gasteiger charge is 2.28. The van der Waals surface area contributed by atoms with Crippen LogP contribution in [0.2, 0.25) is 0 Å². The summed E-state index contributed by atoms with van der Waals surface area (Å²) in [6, 6.07) is 13.0. The number of carbonyl (C=O) groups is 2. The molecule has 2 aliphatic heterocycles. The summed E-state index contributed by atoms with van der Waals surface area (Å²) in [5, 5.41) is 5.21. The van der Waals surface area contributed by atoms with Crippen LogP contribution in [-0.4, -0.2) is 100 Å². The lowest BCUT2D eigenvalue weighted by Crippen LogP contribution is -2.49. The topological polar surface area (TPSA) is 134 Å². The van der Waals surface area contributed by atoms with E-state index in [2.05, 4.69) is 25.6 Å². The summed E-state index contributed by atoms with van der Waals surface area (Å²) in [5.41, 5.74) is 0.0693. The van der Waals surface area contributed by atoms with Gasteiger partial charge in [0, 0.05) is 55.8 Å². The molecule has 2 saturated heterocycles. The van der Waals surface area contributed by atoms with Crippen LogP contribution in [0.3, 0.4) is 0 Å². The zero-order valence-electron chi connectivity index (χ0n) is 30.5. The van der Waals surface area contributed by atoms with Crippen molar-refractivity contribution >= 4 is 68.7 Å². The number of unbranched alkanes of at least 4 members (excludes halogenated alkanes) is 2. The molecule has 2 amide bonds. The van der Waals surface area contributed by atoms with Crippen LogP contribution in [0.15, 0.2) is 54.6 Å². The molecule has 2 aromatic heterocycles. The van der Waals surface area contributed by atoms with Crippen molar-refractivity contribution in [3.8, 4) is 5.95 Å². The molecule has 0 aliphatic carbocycles. The number of morpholine rings is 1. The Kier molecular flexibility index (Phi) is 12.6. The molecular formula is C38H38F5IN10O3. The highest BCUT2D eigenvalue weighted by Crippen LogP contribution is 2.30. The molecule has 13 nitrogen and oxygen atoms in total. The number of hydrogen-bond acceptors (Lipinski definition) is 10. The minimum atomic E-state index is -2.88. The number of para-hydroxylation sites is 2. The van der Waals surface area contributed by atoms with E-state index in [1.165, 1.54) is 16.7 Å². The third-order valence-corrected chi connectivity index (χ3v) is 10.3. The van der Waals surface area contributed by atoms with Crippen LogP contribution in [0.1, 0.15) is 48.3 Å². The number of imidazole rings is 1. The molecule has 2 N–H and O–H groups in total. The van der Waals surface area contributed by atoms with Crippen molar-refractivity contribution in [2.75, 3.05) is 74.1 Å². The number of alkyl halides is 2. The first-order valence-electron chi connectivity index (χ1n) is 18.4. The summed E-state index contributed by atoms with van der Waals surface area (Å²) in [6.45, 7) is 3.81. The van der Waals surface area contributed by atoms with E-state index in [4.69, 9.17) is 9.72 Å². The van der Waals surface area contributed by atoms with Crippen molar-refractivity contribution in [1.82, 2.24) is 34.7 Å². The largest absolute Gasteiger partial charge is 0.378 e.